The van der Waals surface area contributed by atoms with Gasteiger partial charge in [-0.25, -0.2) is 9.18 Å². The van der Waals surface area contributed by atoms with E-state index in [2.05, 4.69) is 4.74 Å². The Hall–Kier alpha value is -2.55. The predicted octanol–water partition coefficient (Wildman–Crippen LogP) is 4.79. The fraction of sp³-hybridized carbons (Fsp3) is 0.111. The van der Waals surface area contributed by atoms with Crippen molar-refractivity contribution >= 4 is 35.2 Å². The molecule has 0 atom stereocenters. The molecule has 0 spiro atoms. The first-order valence-electron chi connectivity index (χ1n) is 7.01. The normalized spacial score (nSPS) is 10.9. The van der Waals surface area contributed by atoms with E-state index in [-0.39, 0.29) is 22.8 Å². The molecular weight excluding hydrogens is 368 g/mol. The van der Waals surface area contributed by atoms with Crippen LogP contribution in [0.1, 0.15) is 11.1 Å². The van der Waals surface area contributed by atoms with Crippen LogP contribution in [0.15, 0.2) is 42.0 Å². The summed E-state index contributed by atoms with van der Waals surface area (Å²) in [7, 11) is 1.17. The number of benzene rings is 2. The summed E-state index contributed by atoms with van der Waals surface area (Å²) < 4.78 is 24.0. The number of hydrogen-bond donors (Lipinski definition) is 0. The summed E-state index contributed by atoms with van der Waals surface area (Å²) in [5.74, 6) is -0.975. The molecule has 0 aliphatic carbocycles. The Labute approximate surface area is 154 Å². The molecule has 0 heterocycles. The number of carbonyl (C=O) groups excluding carboxylic acids is 1. The number of rotatable bonds is 5. The second-order valence-corrected chi connectivity index (χ2v) is 5.68. The van der Waals surface area contributed by atoms with Gasteiger partial charge in [-0.1, -0.05) is 29.3 Å². The van der Waals surface area contributed by atoms with Crippen molar-refractivity contribution < 1.29 is 18.7 Å². The van der Waals surface area contributed by atoms with E-state index in [1.807, 2.05) is 0 Å². The van der Waals surface area contributed by atoms with Crippen LogP contribution in [0.5, 0.6) is 5.75 Å². The maximum atomic E-state index is 13.8. The van der Waals surface area contributed by atoms with Gasteiger partial charge in [-0.05, 0) is 36.4 Å². The Morgan fingerprint density at radius 1 is 1.32 bits per heavy atom. The van der Waals surface area contributed by atoms with Crippen molar-refractivity contribution in [2.24, 2.45) is 0 Å². The van der Waals surface area contributed by atoms with Crippen molar-refractivity contribution in [1.82, 2.24) is 0 Å². The summed E-state index contributed by atoms with van der Waals surface area (Å²) in [5, 5.41) is 9.68. The minimum Gasteiger partial charge on any atom is -0.488 e. The summed E-state index contributed by atoms with van der Waals surface area (Å²) in [6.45, 7) is -0.131. The minimum absolute atomic E-state index is 0.131. The van der Waals surface area contributed by atoms with Crippen LogP contribution in [0.2, 0.25) is 10.0 Å². The third kappa shape index (κ3) is 4.72. The smallest absolute Gasteiger partial charge is 0.348 e. The topological polar surface area (TPSA) is 59.3 Å². The van der Waals surface area contributed by atoms with E-state index in [0.717, 1.165) is 0 Å². The van der Waals surface area contributed by atoms with Crippen molar-refractivity contribution in [3.8, 4) is 11.8 Å². The Morgan fingerprint density at radius 3 is 2.72 bits per heavy atom. The predicted molar refractivity (Wildman–Crippen MR) is 92.8 cm³/mol. The maximum absolute atomic E-state index is 13.8. The van der Waals surface area contributed by atoms with E-state index in [4.69, 9.17) is 33.2 Å². The zero-order chi connectivity index (χ0) is 18.4. The van der Waals surface area contributed by atoms with E-state index in [1.165, 1.54) is 31.4 Å². The van der Waals surface area contributed by atoms with Crippen molar-refractivity contribution in [3.05, 3.63) is 69.0 Å². The number of nitriles is 1. The van der Waals surface area contributed by atoms with Gasteiger partial charge in [0.15, 0.2) is 0 Å². The monoisotopic (exact) mass is 379 g/mol. The number of hydrogen-bond acceptors (Lipinski definition) is 4. The van der Waals surface area contributed by atoms with Crippen LogP contribution in [-0.2, 0) is 16.1 Å². The number of esters is 1. The van der Waals surface area contributed by atoms with Crippen molar-refractivity contribution in [2.45, 2.75) is 6.61 Å². The number of methoxy groups -OCH3 is 1. The molecule has 0 radical (unpaired) electrons. The average molecular weight is 380 g/mol. The summed E-state index contributed by atoms with van der Waals surface area (Å²) >= 11 is 11.9. The molecule has 0 aliphatic heterocycles. The van der Waals surface area contributed by atoms with Gasteiger partial charge < -0.3 is 9.47 Å². The summed E-state index contributed by atoms with van der Waals surface area (Å²) in [5.41, 5.74) is 0.350. The van der Waals surface area contributed by atoms with Crippen LogP contribution >= 0.6 is 23.2 Å². The van der Waals surface area contributed by atoms with Gasteiger partial charge >= 0.3 is 5.97 Å². The van der Waals surface area contributed by atoms with Crippen LogP contribution in [0.3, 0.4) is 0 Å². The lowest BCUT2D eigenvalue weighted by molar-refractivity contribution is -0.135. The minimum atomic E-state index is -0.787. The van der Waals surface area contributed by atoms with Crippen molar-refractivity contribution in [1.29, 1.82) is 5.26 Å². The standard InChI is InChI=1S/C18H12Cl2FNO3/c1-24-18(23)12(9-22)7-11-8-13(19)5-6-17(11)25-10-14-15(20)3-2-4-16(14)21/h2-8H,10H2,1H3. The van der Waals surface area contributed by atoms with E-state index < -0.39 is 11.8 Å². The zero-order valence-electron chi connectivity index (χ0n) is 13.1. The number of nitrogens with zero attached hydrogens (tertiary/aromatic N) is 1. The van der Waals surface area contributed by atoms with Gasteiger partial charge in [0, 0.05) is 16.1 Å². The van der Waals surface area contributed by atoms with Crippen LogP contribution < -0.4 is 4.74 Å². The van der Waals surface area contributed by atoms with Gasteiger partial charge in [-0.3, -0.25) is 0 Å². The average Bonchev–Trinajstić information content (AvgIpc) is 2.60. The fourth-order valence-electron chi connectivity index (χ4n) is 1.99. The van der Waals surface area contributed by atoms with E-state index in [0.29, 0.717) is 16.3 Å². The molecule has 7 heteroatoms. The lowest BCUT2D eigenvalue weighted by Gasteiger charge is -2.12. The first kappa shape index (κ1) is 18.8. The molecular formula is C18H12Cl2FNO3. The summed E-state index contributed by atoms with van der Waals surface area (Å²) in [4.78, 5) is 11.6. The molecule has 4 nitrogen and oxygen atoms in total. The molecule has 0 saturated carbocycles. The summed E-state index contributed by atoms with van der Waals surface area (Å²) in [6, 6.07) is 10.7. The lowest BCUT2D eigenvalue weighted by Crippen LogP contribution is -2.04. The first-order valence-corrected chi connectivity index (χ1v) is 7.77. The molecule has 0 fully saturated rings. The Kier molecular flexibility index (Phi) is 6.40. The third-order valence-corrected chi connectivity index (χ3v) is 3.82. The molecule has 0 aromatic heterocycles. The molecule has 25 heavy (non-hydrogen) atoms. The summed E-state index contributed by atoms with van der Waals surface area (Å²) in [6.07, 6.45) is 1.29. The van der Waals surface area contributed by atoms with Gasteiger partial charge in [0.2, 0.25) is 0 Å². The molecule has 0 bridgehead atoms. The van der Waals surface area contributed by atoms with Crippen molar-refractivity contribution in [3.63, 3.8) is 0 Å². The highest BCUT2D eigenvalue weighted by atomic mass is 35.5. The van der Waals surface area contributed by atoms with Crippen LogP contribution in [0.4, 0.5) is 4.39 Å². The Bertz CT molecular complexity index is 855. The van der Waals surface area contributed by atoms with Crippen LogP contribution in [-0.4, -0.2) is 13.1 Å². The van der Waals surface area contributed by atoms with Gasteiger partial charge in [0.25, 0.3) is 0 Å². The van der Waals surface area contributed by atoms with Gasteiger partial charge in [-0.2, -0.15) is 5.26 Å². The molecule has 128 valence electrons. The molecule has 0 saturated heterocycles. The zero-order valence-corrected chi connectivity index (χ0v) is 14.6. The van der Waals surface area contributed by atoms with Crippen LogP contribution in [0.25, 0.3) is 6.08 Å². The van der Waals surface area contributed by atoms with Gasteiger partial charge in [-0.15, -0.1) is 0 Å². The maximum Gasteiger partial charge on any atom is 0.348 e. The second kappa shape index (κ2) is 8.52. The number of carbonyl (C=O) groups is 1. The number of ether oxygens (including phenoxy) is 2. The van der Waals surface area contributed by atoms with E-state index in [1.54, 1.807) is 24.3 Å². The Morgan fingerprint density at radius 2 is 2.08 bits per heavy atom. The van der Waals surface area contributed by atoms with E-state index in [9.17, 15) is 9.18 Å². The molecule has 2 rings (SSSR count). The van der Waals surface area contributed by atoms with Crippen molar-refractivity contribution in [2.75, 3.05) is 7.11 Å². The third-order valence-electron chi connectivity index (χ3n) is 3.23. The molecule has 0 aliphatic rings. The highest BCUT2D eigenvalue weighted by Gasteiger charge is 2.13. The van der Waals surface area contributed by atoms with E-state index >= 15 is 0 Å². The molecule has 0 N–H and O–H groups in total. The fourth-order valence-corrected chi connectivity index (χ4v) is 2.38. The van der Waals surface area contributed by atoms with Gasteiger partial charge in [0.1, 0.15) is 29.8 Å². The Balaban J connectivity index is 2.35. The molecule has 2 aromatic rings. The lowest BCUT2D eigenvalue weighted by atomic mass is 10.1. The second-order valence-electron chi connectivity index (χ2n) is 4.83. The highest BCUT2D eigenvalue weighted by molar-refractivity contribution is 6.31. The first-order chi connectivity index (χ1) is 12.0. The van der Waals surface area contributed by atoms with Crippen LogP contribution in [0, 0.1) is 17.1 Å². The quantitative estimate of drug-likeness (QED) is 0.425. The highest BCUT2D eigenvalue weighted by Crippen LogP contribution is 2.28. The molecule has 0 unspecified atom stereocenters. The largest absolute Gasteiger partial charge is 0.488 e. The number of halogens is 3. The molecule has 0 amide bonds. The van der Waals surface area contributed by atoms with Gasteiger partial charge in [0.05, 0.1) is 12.1 Å². The molecule has 2 aromatic carbocycles. The SMILES string of the molecule is COC(=O)C(C#N)=Cc1cc(Cl)ccc1OCc1c(F)cccc1Cl.